The van der Waals surface area contributed by atoms with Crippen LogP contribution in [0.4, 0.5) is 0 Å². The lowest BCUT2D eigenvalue weighted by atomic mass is 9.91. The molecule has 0 aromatic carbocycles. The van der Waals surface area contributed by atoms with E-state index >= 15 is 0 Å². The van der Waals surface area contributed by atoms with Crippen LogP contribution in [0.1, 0.15) is 13.3 Å². The third kappa shape index (κ3) is 1.77. The summed E-state index contributed by atoms with van der Waals surface area (Å²) in [6.45, 7) is 2.11. The highest BCUT2D eigenvalue weighted by Gasteiger charge is 2.36. The Bertz CT molecular complexity index is 123. The molecule has 0 unspecified atom stereocenters. The first-order valence-electron chi connectivity index (χ1n) is 4.29. The molecule has 4 heteroatoms. The second-order valence-corrected chi connectivity index (χ2v) is 3.20. The van der Waals surface area contributed by atoms with E-state index in [0.29, 0.717) is 6.61 Å². The average Bonchev–Trinajstić information content (AvgIpc) is 2.10. The SMILES string of the molecule is CC[C@@H]1CO[C@H](CO)[C@H](O)[C@@H]1O. The number of hydrogen-bond donors (Lipinski definition) is 3. The first-order valence-corrected chi connectivity index (χ1v) is 4.29. The molecule has 0 aromatic heterocycles. The molecule has 0 amide bonds. The molecule has 0 aliphatic carbocycles. The summed E-state index contributed by atoms with van der Waals surface area (Å²) in [4.78, 5) is 0. The number of rotatable bonds is 2. The monoisotopic (exact) mass is 176 g/mol. The van der Waals surface area contributed by atoms with Gasteiger partial charge < -0.3 is 20.1 Å². The molecule has 1 saturated heterocycles. The standard InChI is InChI=1S/C8H16O4/c1-2-5-4-12-6(3-9)8(11)7(5)10/h5-11H,2-4H2,1H3/t5-,6-,7-,8+/m1/s1. The van der Waals surface area contributed by atoms with Gasteiger partial charge >= 0.3 is 0 Å². The number of ether oxygens (including phenoxy) is 1. The fourth-order valence-corrected chi connectivity index (χ4v) is 1.46. The van der Waals surface area contributed by atoms with Gasteiger partial charge in [0.15, 0.2) is 0 Å². The second-order valence-electron chi connectivity index (χ2n) is 3.20. The van der Waals surface area contributed by atoms with E-state index in [9.17, 15) is 10.2 Å². The van der Waals surface area contributed by atoms with Crippen LogP contribution in [0, 0.1) is 5.92 Å². The Morgan fingerprint density at radius 3 is 2.50 bits per heavy atom. The number of hydrogen-bond acceptors (Lipinski definition) is 4. The van der Waals surface area contributed by atoms with Crippen LogP contribution in [-0.4, -0.2) is 46.8 Å². The van der Waals surface area contributed by atoms with Crippen LogP contribution in [-0.2, 0) is 4.74 Å². The molecule has 4 nitrogen and oxygen atoms in total. The minimum atomic E-state index is -0.950. The van der Waals surface area contributed by atoms with Crippen LogP contribution in [0.5, 0.6) is 0 Å². The van der Waals surface area contributed by atoms with E-state index in [-0.39, 0.29) is 12.5 Å². The molecule has 4 atom stereocenters. The molecule has 0 aromatic rings. The zero-order chi connectivity index (χ0) is 9.14. The van der Waals surface area contributed by atoms with Gasteiger partial charge in [-0.1, -0.05) is 6.92 Å². The predicted molar refractivity (Wildman–Crippen MR) is 42.6 cm³/mol. The normalized spacial score (nSPS) is 43.0. The quantitative estimate of drug-likeness (QED) is 0.511. The van der Waals surface area contributed by atoms with E-state index in [2.05, 4.69) is 0 Å². The summed E-state index contributed by atoms with van der Waals surface area (Å²) in [5.41, 5.74) is 0. The Hall–Kier alpha value is -0.160. The Kier molecular flexibility index (Phi) is 3.46. The first-order chi connectivity index (χ1) is 5.70. The van der Waals surface area contributed by atoms with Gasteiger partial charge in [-0.2, -0.15) is 0 Å². The summed E-state index contributed by atoms with van der Waals surface area (Å²) in [7, 11) is 0. The van der Waals surface area contributed by atoms with E-state index < -0.39 is 18.3 Å². The molecule has 72 valence electrons. The molecule has 0 spiro atoms. The van der Waals surface area contributed by atoms with Gasteiger partial charge in [0.25, 0.3) is 0 Å². The van der Waals surface area contributed by atoms with Gasteiger partial charge in [-0.15, -0.1) is 0 Å². The molecule has 1 rings (SSSR count). The minimum absolute atomic E-state index is 0.0113. The van der Waals surface area contributed by atoms with E-state index in [0.717, 1.165) is 6.42 Å². The maximum atomic E-state index is 9.50. The molecular formula is C8H16O4. The van der Waals surface area contributed by atoms with Crippen molar-refractivity contribution in [3.8, 4) is 0 Å². The van der Waals surface area contributed by atoms with Crippen LogP contribution in [0.15, 0.2) is 0 Å². The fourth-order valence-electron chi connectivity index (χ4n) is 1.46. The predicted octanol–water partition coefficient (Wildman–Crippen LogP) is -0.875. The minimum Gasteiger partial charge on any atom is -0.394 e. The van der Waals surface area contributed by atoms with Crippen LogP contribution in [0.2, 0.25) is 0 Å². The topological polar surface area (TPSA) is 69.9 Å². The summed E-state index contributed by atoms with van der Waals surface area (Å²) >= 11 is 0. The first kappa shape index (κ1) is 9.92. The second kappa shape index (κ2) is 4.18. The van der Waals surface area contributed by atoms with Crippen molar-refractivity contribution in [2.45, 2.75) is 31.7 Å². The molecule has 1 fully saturated rings. The highest BCUT2D eigenvalue weighted by molar-refractivity contribution is 4.85. The summed E-state index contributed by atoms with van der Waals surface area (Å²) < 4.78 is 5.15. The Labute approximate surface area is 71.8 Å². The molecule has 0 saturated carbocycles. The molecule has 0 radical (unpaired) electrons. The van der Waals surface area contributed by atoms with Crippen LogP contribution in [0.25, 0.3) is 0 Å². The van der Waals surface area contributed by atoms with Gasteiger partial charge in [-0.3, -0.25) is 0 Å². The highest BCUT2D eigenvalue weighted by atomic mass is 16.5. The average molecular weight is 176 g/mol. The third-order valence-electron chi connectivity index (χ3n) is 2.44. The van der Waals surface area contributed by atoms with E-state index in [4.69, 9.17) is 9.84 Å². The maximum Gasteiger partial charge on any atom is 0.109 e. The van der Waals surface area contributed by atoms with E-state index in [1.165, 1.54) is 0 Å². The van der Waals surface area contributed by atoms with Gasteiger partial charge in [0.2, 0.25) is 0 Å². The van der Waals surface area contributed by atoms with Crippen molar-refractivity contribution in [1.82, 2.24) is 0 Å². The molecule has 12 heavy (non-hydrogen) atoms. The lowest BCUT2D eigenvalue weighted by Crippen LogP contribution is -2.51. The van der Waals surface area contributed by atoms with Gasteiger partial charge in [-0.25, -0.2) is 0 Å². The Morgan fingerprint density at radius 1 is 1.33 bits per heavy atom. The van der Waals surface area contributed by atoms with Crippen molar-refractivity contribution in [2.75, 3.05) is 13.2 Å². The number of aliphatic hydroxyl groups excluding tert-OH is 3. The Balaban J connectivity index is 2.52. The summed E-state index contributed by atoms with van der Waals surface area (Å²) in [5, 5.41) is 27.6. The molecule has 1 aliphatic rings. The summed E-state index contributed by atoms with van der Waals surface area (Å²) in [6, 6.07) is 0. The van der Waals surface area contributed by atoms with Gasteiger partial charge in [0, 0.05) is 5.92 Å². The third-order valence-corrected chi connectivity index (χ3v) is 2.44. The van der Waals surface area contributed by atoms with Crippen molar-refractivity contribution in [1.29, 1.82) is 0 Å². The largest absolute Gasteiger partial charge is 0.394 e. The maximum absolute atomic E-state index is 9.50. The molecule has 1 aliphatic heterocycles. The van der Waals surface area contributed by atoms with E-state index in [1.807, 2.05) is 6.92 Å². The smallest absolute Gasteiger partial charge is 0.109 e. The van der Waals surface area contributed by atoms with Crippen molar-refractivity contribution in [3.05, 3.63) is 0 Å². The molecule has 1 heterocycles. The van der Waals surface area contributed by atoms with Crippen LogP contribution < -0.4 is 0 Å². The number of aliphatic hydroxyl groups is 3. The molecular weight excluding hydrogens is 160 g/mol. The van der Waals surface area contributed by atoms with Crippen molar-refractivity contribution in [3.63, 3.8) is 0 Å². The Morgan fingerprint density at radius 2 is 2.00 bits per heavy atom. The lowest BCUT2D eigenvalue weighted by Gasteiger charge is -2.36. The van der Waals surface area contributed by atoms with Gasteiger partial charge in [0.05, 0.1) is 19.3 Å². The summed E-state index contributed by atoms with van der Waals surface area (Å²) in [6.07, 6.45) is -1.56. The van der Waals surface area contributed by atoms with Crippen molar-refractivity contribution >= 4 is 0 Å². The fraction of sp³-hybridized carbons (Fsp3) is 1.00. The zero-order valence-corrected chi connectivity index (χ0v) is 7.18. The highest BCUT2D eigenvalue weighted by Crippen LogP contribution is 2.22. The van der Waals surface area contributed by atoms with Crippen molar-refractivity contribution in [2.24, 2.45) is 5.92 Å². The van der Waals surface area contributed by atoms with Gasteiger partial charge in [-0.05, 0) is 6.42 Å². The van der Waals surface area contributed by atoms with Gasteiger partial charge in [0.1, 0.15) is 12.2 Å². The zero-order valence-electron chi connectivity index (χ0n) is 7.18. The molecule has 0 bridgehead atoms. The van der Waals surface area contributed by atoms with Crippen LogP contribution in [0.3, 0.4) is 0 Å². The summed E-state index contributed by atoms with van der Waals surface area (Å²) in [5.74, 6) is -0.0113. The van der Waals surface area contributed by atoms with Crippen molar-refractivity contribution < 1.29 is 20.1 Å². The lowest BCUT2D eigenvalue weighted by molar-refractivity contribution is -0.174. The van der Waals surface area contributed by atoms with Crippen LogP contribution >= 0.6 is 0 Å². The molecule has 3 N–H and O–H groups in total. The van der Waals surface area contributed by atoms with E-state index in [1.54, 1.807) is 0 Å².